The van der Waals surface area contributed by atoms with Crippen molar-refractivity contribution in [3.8, 4) is 0 Å². The van der Waals surface area contributed by atoms with Crippen molar-refractivity contribution in [3.63, 3.8) is 0 Å². The fraction of sp³-hybridized carbons (Fsp3) is 0.364. The number of anilines is 1. The lowest BCUT2D eigenvalue weighted by molar-refractivity contribution is -0.122. The largest absolute Gasteiger partial charge is 0.370 e. The molecule has 0 saturated carbocycles. The number of primary amides is 1. The van der Waals surface area contributed by atoms with Crippen LogP contribution < -0.4 is 16.2 Å². The molecule has 1 aromatic carbocycles. The zero-order valence-corrected chi connectivity index (χ0v) is 19.1. The van der Waals surface area contributed by atoms with Gasteiger partial charge in [-0.05, 0) is 31.9 Å². The number of carbonyl (C=O) groups is 2. The van der Waals surface area contributed by atoms with E-state index in [0.29, 0.717) is 47.3 Å². The zero-order chi connectivity index (χ0) is 22.3. The molecule has 2 aromatic rings. The van der Waals surface area contributed by atoms with E-state index in [4.69, 9.17) is 18.0 Å². The Morgan fingerprint density at radius 3 is 2.52 bits per heavy atom. The first-order chi connectivity index (χ1) is 14.8. The Kier molecular flexibility index (Phi) is 5.90. The van der Waals surface area contributed by atoms with Crippen molar-refractivity contribution in [1.29, 1.82) is 0 Å². The number of hydrogen-bond donors (Lipinski definition) is 1. The van der Waals surface area contributed by atoms with Gasteiger partial charge < -0.3 is 15.2 Å². The van der Waals surface area contributed by atoms with E-state index in [1.54, 1.807) is 17.7 Å². The van der Waals surface area contributed by atoms with Crippen molar-refractivity contribution in [2.75, 3.05) is 25.0 Å². The smallest absolute Gasteiger partial charge is 0.265 e. The Labute approximate surface area is 189 Å². The lowest BCUT2D eigenvalue weighted by Gasteiger charge is -2.34. The van der Waals surface area contributed by atoms with Crippen molar-refractivity contribution < 1.29 is 9.59 Å². The van der Waals surface area contributed by atoms with Gasteiger partial charge in [-0.15, -0.1) is 0 Å². The molecular weight excluding hydrogens is 432 g/mol. The molecule has 31 heavy (non-hydrogen) atoms. The third-order valence-corrected chi connectivity index (χ3v) is 7.46. The van der Waals surface area contributed by atoms with Crippen LogP contribution in [0.3, 0.4) is 0 Å². The third kappa shape index (κ3) is 3.76. The van der Waals surface area contributed by atoms with Crippen molar-refractivity contribution in [2.45, 2.75) is 26.3 Å². The number of para-hydroxylation sites is 1. The van der Waals surface area contributed by atoms with Gasteiger partial charge in [0.05, 0.1) is 21.7 Å². The minimum atomic E-state index is -0.280. The summed E-state index contributed by atoms with van der Waals surface area (Å²) in [6, 6.07) is 7.80. The van der Waals surface area contributed by atoms with Crippen LogP contribution in [0, 0.1) is 5.92 Å². The van der Waals surface area contributed by atoms with Crippen LogP contribution in [0.4, 0.5) is 5.69 Å². The maximum Gasteiger partial charge on any atom is 0.265 e. The number of fused-ring (bicyclic) bond motifs is 1. The number of aromatic nitrogens is 1. The maximum absolute atomic E-state index is 13.6. The van der Waals surface area contributed by atoms with Gasteiger partial charge in [0.2, 0.25) is 5.91 Å². The monoisotopic (exact) mass is 456 g/mol. The first-order valence-corrected chi connectivity index (χ1v) is 11.5. The number of carbonyl (C=O) groups excluding carboxylic acids is 2. The van der Waals surface area contributed by atoms with E-state index in [9.17, 15) is 14.4 Å². The van der Waals surface area contributed by atoms with Crippen molar-refractivity contribution in [1.82, 2.24) is 9.47 Å². The van der Waals surface area contributed by atoms with E-state index in [1.807, 2.05) is 31.2 Å². The number of likely N-dealkylation sites (N-methyl/N-ethyl adjacent to an activating group) is 1. The molecule has 162 valence electrons. The highest BCUT2D eigenvalue weighted by atomic mass is 32.2. The summed E-state index contributed by atoms with van der Waals surface area (Å²) in [6.07, 6.45) is 2.95. The lowest BCUT2D eigenvalue weighted by Crippen LogP contribution is -2.40. The molecular formula is C22H24N4O3S2. The topological polar surface area (TPSA) is 88.6 Å². The second kappa shape index (κ2) is 8.47. The Hall–Kier alpha value is -2.65. The molecule has 2 fully saturated rings. The SMILES string of the molecule is CCn1c(=O)c(C=C2SC(=S)N(C)C2=O)c(N2CCC(C(N)=O)CC2)c2ccccc21. The predicted octanol–water partition coefficient (Wildman–Crippen LogP) is 2.55. The van der Waals surface area contributed by atoms with E-state index >= 15 is 0 Å². The molecule has 4 rings (SSSR count). The van der Waals surface area contributed by atoms with Gasteiger partial charge in [0.25, 0.3) is 11.5 Å². The Morgan fingerprint density at radius 1 is 1.26 bits per heavy atom. The minimum Gasteiger partial charge on any atom is -0.370 e. The number of rotatable bonds is 4. The van der Waals surface area contributed by atoms with Crippen molar-refractivity contribution in [2.24, 2.45) is 11.7 Å². The third-order valence-electron chi connectivity index (χ3n) is 5.97. The summed E-state index contributed by atoms with van der Waals surface area (Å²) >= 11 is 6.46. The van der Waals surface area contributed by atoms with E-state index in [0.717, 1.165) is 16.6 Å². The minimum absolute atomic E-state index is 0.144. The molecule has 2 aliphatic heterocycles. The number of hydrogen-bond acceptors (Lipinski definition) is 6. The zero-order valence-electron chi connectivity index (χ0n) is 17.5. The van der Waals surface area contributed by atoms with E-state index in [-0.39, 0.29) is 23.3 Å². The first-order valence-electron chi connectivity index (χ1n) is 10.2. The van der Waals surface area contributed by atoms with Gasteiger partial charge in [0.1, 0.15) is 4.32 Å². The Morgan fingerprint density at radius 2 is 1.94 bits per heavy atom. The quantitative estimate of drug-likeness (QED) is 0.562. The standard InChI is InChI=1S/C22H24N4O3S2/c1-3-26-16-7-5-4-6-14(16)18(25-10-8-13(9-11-25)19(23)27)15(20(26)28)12-17-21(29)24(2)22(30)31-17/h4-7,12-13H,3,8-11H2,1-2H3,(H2,23,27). The fourth-order valence-corrected chi connectivity index (χ4v) is 5.42. The number of amides is 2. The second-order valence-corrected chi connectivity index (χ2v) is 9.41. The molecule has 2 saturated heterocycles. The molecule has 1 aromatic heterocycles. The maximum atomic E-state index is 13.6. The molecule has 2 aliphatic rings. The van der Waals surface area contributed by atoms with Crippen molar-refractivity contribution >= 4 is 62.8 Å². The molecule has 7 nitrogen and oxygen atoms in total. The van der Waals surface area contributed by atoms with Crippen LogP contribution in [-0.4, -0.2) is 45.7 Å². The number of nitrogens with two attached hydrogens (primary N) is 1. The van der Waals surface area contributed by atoms with Gasteiger partial charge in [-0.2, -0.15) is 0 Å². The fourth-order valence-electron chi connectivity index (χ4n) is 4.26. The molecule has 3 heterocycles. The highest BCUT2D eigenvalue weighted by Crippen LogP contribution is 2.36. The number of pyridine rings is 1. The van der Waals surface area contributed by atoms with Crippen LogP contribution in [-0.2, 0) is 16.1 Å². The summed E-state index contributed by atoms with van der Waals surface area (Å²) < 4.78 is 2.20. The van der Waals surface area contributed by atoms with E-state index in [2.05, 4.69) is 4.90 Å². The van der Waals surface area contributed by atoms with Crippen LogP contribution >= 0.6 is 24.0 Å². The second-order valence-electron chi connectivity index (χ2n) is 7.73. The average molecular weight is 457 g/mol. The molecule has 0 radical (unpaired) electrons. The lowest BCUT2D eigenvalue weighted by atomic mass is 9.94. The normalized spacial score (nSPS) is 19.1. The molecule has 9 heteroatoms. The summed E-state index contributed by atoms with van der Waals surface area (Å²) in [6.45, 7) is 3.67. The van der Waals surface area contributed by atoms with Gasteiger partial charge >= 0.3 is 0 Å². The van der Waals surface area contributed by atoms with Crippen LogP contribution in [0.1, 0.15) is 25.3 Å². The number of piperidine rings is 1. The highest BCUT2D eigenvalue weighted by molar-refractivity contribution is 8.26. The number of aryl methyl sites for hydroxylation is 1. The van der Waals surface area contributed by atoms with Crippen LogP contribution in [0.5, 0.6) is 0 Å². The summed E-state index contributed by atoms with van der Waals surface area (Å²) in [4.78, 5) is 41.8. The van der Waals surface area contributed by atoms with Gasteiger partial charge in [0.15, 0.2) is 0 Å². The highest BCUT2D eigenvalue weighted by Gasteiger charge is 2.31. The first kappa shape index (κ1) is 21.6. The van der Waals surface area contributed by atoms with Gasteiger partial charge in [-0.1, -0.05) is 42.2 Å². The van der Waals surface area contributed by atoms with Crippen molar-refractivity contribution in [3.05, 3.63) is 45.1 Å². The molecule has 2 N–H and O–H groups in total. The molecule has 0 aliphatic carbocycles. The van der Waals surface area contributed by atoms with Gasteiger partial charge in [0, 0.05) is 38.0 Å². The van der Waals surface area contributed by atoms with Gasteiger partial charge in [-0.3, -0.25) is 19.3 Å². The number of thiocarbonyl (C=S) groups is 1. The van der Waals surface area contributed by atoms with Crippen LogP contribution in [0.2, 0.25) is 0 Å². The summed E-state index contributed by atoms with van der Waals surface area (Å²) in [7, 11) is 1.64. The predicted molar refractivity (Wildman–Crippen MR) is 129 cm³/mol. The average Bonchev–Trinajstić information content (AvgIpc) is 3.01. The number of thioether (sulfide) groups is 1. The van der Waals surface area contributed by atoms with E-state index in [1.165, 1.54) is 16.7 Å². The Bertz CT molecular complexity index is 1180. The summed E-state index contributed by atoms with van der Waals surface area (Å²) in [5.74, 6) is -0.639. The van der Waals surface area contributed by atoms with Crippen LogP contribution in [0.25, 0.3) is 17.0 Å². The van der Waals surface area contributed by atoms with E-state index < -0.39 is 0 Å². The summed E-state index contributed by atoms with van der Waals surface area (Å²) in [5, 5.41) is 0.944. The summed E-state index contributed by atoms with van der Waals surface area (Å²) in [5.41, 5.74) is 7.49. The molecule has 0 bridgehead atoms. The molecule has 2 amide bonds. The van der Waals surface area contributed by atoms with Crippen LogP contribution in [0.15, 0.2) is 34.0 Å². The molecule has 0 unspecified atom stereocenters. The van der Waals surface area contributed by atoms with Gasteiger partial charge in [-0.25, -0.2) is 0 Å². The molecule has 0 atom stereocenters. The number of nitrogens with zero attached hydrogens (tertiary/aromatic N) is 3. The number of benzene rings is 1. The Balaban J connectivity index is 1.92. The molecule has 0 spiro atoms.